The smallest absolute Gasteiger partial charge is 0.0420 e. The van der Waals surface area contributed by atoms with Gasteiger partial charge in [-0.25, -0.2) is 0 Å². The van der Waals surface area contributed by atoms with E-state index < -0.39 is 0 Å². The minimum atomic E-state index is 0.897. The summed E-state index contributed by atoms with van der Waals surface area (Å²) in [6.07, 6.45) is 11.5. The van der Waals surface area contributed by atoms with Gasteiger partial charge in [-0.05, 0) is 11.8 Å². The van der Waals surface area contributed by atoms with Crippen molar-refractivity contribution in [3.8, 4) is 0 Å². The zero-order valence-corrected chi connectivity index (χ0v) is 10.8. The van der Waals surface area contributed by atoms with E-state index in [9.17, 15) is 0 Å². The van der Waals surface area contributed by atoms with Crippen LogP contribution in [-0.4, -0.2) is 0 Å². The third kappa shape index (κ3) is 8.59. The van der Waals surface area contributed by atoms with Crippen LogP contribution in [0.5, 0.6) is 0 Å². The third-order valence-corrected chi connectivity index (χ3v) is 3.30. The fourth-order valence-electron chi connectivity index (χ4n) is 2.04. The van der Waals surface area contributed by atoms with Crippen LogP contribution >= 0.6 is 0 Å². The highest BCUT2D eigenvalue weighted by atomic mass is 14.1. The lowest BCUT2D eigenvalue weighted by Gasteiger charge is -2.11. The predicted octanol–water partition coefficient (Wildman–Crippen LogP) is 5.42. The van der Waals surface area contributed by atoms with Gasteiger partial charge in [0.05, 0.1) is 0 Å². The number of hydrogen-bond donors (Lipinski definition) is 0. The van der Waals surface area contributed by atoms with Crippen molar-refractivity contribution >= 4 is 0 Å². The first-order valence-electron chi connectivity index (χ1n) is 6.70. The van der Waals surface area contributed by atoms with E-state index in [1.165, 1.54) is 51.4 Å². The molecule has 0 atom stereocenters. The molecule has 0 aromatic heterocycles. The summed E-state index contributed by atoms with van der Waals surface area (Å²) in [6.45, 7) is 9.30. The lowest BCUT2D eigenvalue weighted by Crippen LogP contribution is -1.96. The molecule has 0 fully saturated rings. The zero-order valence-electron chi connectivity index (χ0n) is 10.8. The molecule has 0 amide bonds. The first kappa shape index (κ1) is 14.0. The molecule has 86 valence electrons. The summed E-state index contributed by atoms with van der Waals surface area (Å²) in [7, 11) is 0. The number of hydrogen-bond acceptors (Lipinski definition) is 0. The van der Waals surface area contributed by atoms with E-state index in [0.29, 0.717) is 0 Å². The molecule has 0 bridgehead atoms. The highest BCUT2D eigenvalue weighted by Gasteiger charge is 2.02. The van der Waals surface area contributed by atoms with Crippen LogP contribution in [0.3, 0.4) is 0 Å². The van der Waals surface area contributed by atoms with Crippen LogP contribution in [-0.2, 0) is 0 Å². The molecule has 0 rings (SSSR count). The highest BCUT2D eigenvalue weighted by molar-refractivity contribution is 4.55. The van der Waals surface area contributed by atoms with Crippen molar-refractivity contribution in [3.63, 3.8) is 0 Å². The molecular weight excluding hydrogens is 168 g/mol. The van der Waals surface area contributed by atoms with Crippen LogP contribution in [0.25, 0.3) is 0 Å². The molecular formula is C14H30. The normalized spacial score (nSPS) is 11.6. The van der Waals surface area contributed by atoms with E-state index in [0.717, 1.165) is 11.8 Å². The quantitative estimate of drug-likeness (QED) is 0.434. The minimum Gasteiger partial charge on any atom is -0.0651 e. The summed E-state index contributed by atoms with van der Waals surface area (Å²) in [5.74, 6) is 1.90. The third-order valence-electron chi connectivity index (χ3n) is 3.30. The second-order valence-corrected chi connectivity index (χ2v) is 5.07. The monoisotopic (exact) mass is 198 g/mol. The van der Waals surface area contributed by atoms with E-state index in [-0.39, 0.29) is 0 Å². The summed E-state index contributed by atoms with van der Waals surface area (Å²) in [4.78, 5) is 0. The minimum absolute atomic E-state index is 0.897. The van der Waals surface area contributed by atoms with Crippen molar-refractivity contribution < 1.29 is 0 Å². The molecule has 0 nitrogen and oxygen atoms in total. The average molecular weight is 198 g/mol. The Labute approximate surface area is 91.5 Å². The molecule has 0 saturated carbocycles. The second-order valence-electron chi connectivity index (χ2n) is 5.07. The molecule has 0 aliphatic carbocycles. The maximum atomic E-state index is 2.33. The van der Waals surface area contributed by atoms with Crippen molar-refractivity contribution in [2.45, 2.75) is 79.1 Å². The largest absolute Gasteiger partial charge is 0.0651 e. The molecule has 0 aliphatic heterocycles. The van der Waals surface area contributed by atoms with Crippen LogP contribution in [0.15, 0.2) is 0 Å². The fraction of sp³-hybridized carbons (Fsp3) is 1.00. The van der Waals surface area contributed by atoms with Crippen molar-refractivity contribution in [1.29, 1.82) is 0 Å². The van der Waals surface area contributed by atoms with Crippen LogP contribution in [0.2, 0.25) is 0 Å². The molecule has 0 saturated heterocycles. The SMILES string of the molecule is CCC(CC)CCCCCCC(C)C. The number of rotatable bonds is 9. The maximum Gasteiger partial charge on any atom is -0.0420 e. The van der Waals surface area contributed by atoms with E-state index in [4.69, 9.17) is 0 Å². The maximum absolute atomic E-state index is 2.33. The van der Waals surface area contributed by atoms with Crippen LogP contribution in [0, 0.1) is 11.8 Å². The Hall–Kier alpha value is 0. The van der Waals surface area contributed by atoms with E-state index in [1.54, 1.807) is 0 Å². The predicted molar refractivity (Wildman–Crippen MR) is 66.6 cm³/mol. The van der Waals surface area contributed by atoms with Gasteiger partial charge in [0.2, 0.25) is 0 Å². The van der Waals surface area contributed by atoms with Gasteiger partial charge < -0.3 is 0 Å². The van der Waals surface area contributed by atoms with E-state index in [2.05, 4.69) is 27.7 Å². The van der Waals surface area contributed by atoms with Gasteiger partial charge in [0.1, 0.15) is 0 Å². The van der Waals surface area contributed by atoms with Crippen molar-refractivity contribution in [1.82, 2.24) is 0 Å². The molecule has 0 N–H and O–H groups in total. The zero-order chi connectivity index (χ0) is 10.8. The molecule has 0 aromatic rings. The molecule has 0 spiro atoms. The standard InChI is InChI=1S/C14H30/c1-5-14(6-2)12-10-8-7-9-11-13(3)4/h13-14H,5-12H2,1-4H3. The summed E-state index contributed by atoms with van der Waals surface area (Å²) in [5.41, 5.74) is 0. The van der Waals surface area contributed by atoms with Gasteiger partial charge in [-0.15, -0.1) is 0 Å². The van der Waals surface area contributed by atoms with Gasteiger partial charge in [0.15, 0.2) is 0 Å². The molecule has 0 heteroatoms. The topological polar surface area (TPSA) is 0 Å². The molecule has 14 heavy (non-hydrogen) atoms. The average Bonchev–Trinajstić information content (AvgIpc) is 2.16. The van der Waals surface area contributed by atoms with Crippen LogP contribution < -0.4 is 0 Å². The molecule has 0 aliphatic rings. The van der Waals surface area contributed by atoms with Gasteiger partial charge in [-0.3, -0.25) is 0 Å². The van der Waals surface area contributed by atoms with E-state index in [1.807, 2.05) is 0 Å². The Morgan fingerprint density at radius 2 is 1.21 bits per heavy atom. The highest BCUT2D eigenvalue weighted by Crippen LogP contribution is 2.18. The molecule has 0 unspecified atom stereocenters. The fourth-order valence-corrected chi connectivity index (χ4v) is 2.04. The first-order chi connectivity index (χ1) is 6.70. The Morgan fingerprint density at radius 3 is 1.64 bits per heavy atom. The summed E-state index contributed by atoms with van der Waals surface area (Å²) in [5, 5.41) is 0. The van der Waals surface area contributed by atoms with Crippen LogP contribution in [0.1, 0.15) is 79.1 Å². The molecule has 0 radical (unpaired) electrons. The van der Waals surface area contributed by atoms with E-state index >= 15 is 0 Å². The lowest BCUT2D eigenvalue weighted by atomic mass is 9.95. The van der Waals surface area contributed by atoms with Gasteiger partial charge in [-0.2, -0.15) is 0 Å². The summed E-state index contributed by atoms with van der Waals surface area (Å²) >= 11 is 0. The summed E-state index contributed by atoms with van der Waals surface area (Å²) in [6, 6.07) is 0. The summed E-state index contributed by atoms with van der Waals surface area (Å²) < 4.78 is 0. The number of unbranched alkanes of at least 4 members (excludes halogenated alkanes) is 3. The van der Waals surface area contributed by atoms with Gasteiger partial charge >= 0.3 is 0 Å². The Kier molecular flexibility index (Phi) is 9.55. The second kappa shape index (κ2) is 9.55. The first-order valence-corrected chi connectivity index (χ1v) is 6.70. The van der Waals surface area contributed by atoms with Crippen molar-refractivity contribution in [2.75, 3.05) is 0 Å². The Morgan fingerprint density at radius 1 is 0.714 bits per heavy atom. The lowest BCUT2D eigenvalue weighted by molar-refractivity contribution is 0.423. The van der Waals surface area contributed by atoms with Crippen molar-refractivity contribution in [3.05, 3.63) is 0 Å². The van der Waals surface area contributed by atoms with Gasteiger partial charge in [0.25, 0.3) is 0 Å². The molecule has 0 heterocycles. The van der Waals surface area contributed by atoms with Gasteiger partial charge in [-0.1, -0.05) is 79.1 Å². The Bertz CT molecular complexity index is 101. The van der Waals surface area contributed by atoms with Crippen LogP contribution in [0.4, 0.5) is 0 Å². The molecule has 0 aromatic carbocycles. The Balaban J connectivity index is 3.12. The van der Waals surface area contributed by atoms with Gasteiger partial charge in [0, 0.05) is 0 Å². The van der Waals surface area contributed by atoms with Crippen molar-refractivity contribution in [2.24, 2.45) is 11.8 Å².